The molecule has 0 aliphatic heterocycles. The average molecular weight is 300 g/mol. The van der Waals surface area contributed by atoms with Gasteiger partial charge in [-0.2, -0.15) is 0 Å². The molecule has 2 aromatic carbocycles. The van der Waals surface area contributed by atoms with Gasteiger partial charge in [-0.15, -0.1) is 0 Å². The molecular weight excluding hydrogens is 280 g/mol. The maximum absolute atomic E-state index is 11.4. The Morgan fingerprint density at radius 3 is 2.41 bits per heavy atom. The molecule has 0 fully saturated rings. The zero-order valence-corrected chi connectivity index (χ0v) is 12.8. The Morgan fingerprint density at radius 2 is 1.82 bits per heavy atom. The van der Waals surface area contributed by atoms with Crippen LogP contribution in [0.3, 0.4) is 0 Å². The zero-order valence-electron chi connectivity index (χ0n) is 12.8. The van der Waals surface area contributed by atoms with Gasteiger partial charge in [-0.1, -0.05) is 30.3 Å². The second-order valence-electron chi connectivity index (χ2n) is 4.99. The third-order valence-corrected chi connectivity index (χ3v) is 3.29. The van der Waals surface area contributed by atoms with Gasteiger partial charge in [-0.05, 0) is 43.2 Å². The minimum absolute atomic E-state index is 0.302. The maximum Gasteiger partial charge on any atom is 0.345 e. The third kappa shape index (κ3) is 4.25. The first kappa shape index (κ1) is 15.9. The van der Waals surface area contributed by atoms with Crippen molar-refractivity contribution in [2.24, 2.45) is 0 Å². The highest BCUT2D eigenvalue weighted by Gasteiger charge is 2.20. The highest BCUT2D eigenvalue weighted by Crippen LogP contribution is 2.20. The SMILES string of the molecule is CCOc1ccc(C[C@H](Oc2ccccc2C)C(=O)O)cc1. The van der Waals surface area contributed by atoms with Crippen LogP contribution in [0, 0.1) is 6.92 Å². The first-order valence-corrected chi connectivity index (χ1v) is 7.27. The fraction of sp³-hybridized carbons (Fsp3) is 0.278. The molecule has 4 nitrogen and oxygen atoms in total. The summed E-state index contributed by atoms with van der Waals surface area (Å²) in [7, 11) is 0. The van der Waals surface area contributed by atoms with Gasteiger partial charge >= 0.3 is 5.97 Å². The van der Waals surface area contributed by atoms with E-state index in [1.807, 2.05) is 56.3 Å². The molecular formula is C18H20O4. The van der Waals surface area contributed by atoms with Gasteiger partial charge in [0.2, 0.25) is 0 Å². The molecule has 2 aromatic rings. The van der Waals surface area contributed by atoms with Crippen LogP contribution >= 0.6 is 0 Å². The molecule has 0 heterocycles. The Labute approximate surface area is 130 Å². The number of rotatable bonds is 7. The number of carboxylic acid groups (broad SMARTS) is 1. The summed E-state index contributed by atoms with van der Waals surface area (Å²) in [6.07, 6.45) is -0.616. The van der Waals surface area contributed by atoms with Gasteiger partial charge in [0, 0.05) is 6.42 Å². The van der Waals surface area contributed by atoms with Crippen LogP contribution in [-0.2, 0) is 11.2 Å². The van der Waals surface area contributed by atoms with Gasteiger partial charge in [-0.25, -0.2) is 4.79 Å². The van der Waals surface area contributed by atoms with Crippen molar-refractivity contribution in [3.8, 4) is 11.5 Å². The lowest BCUT2D eigenvalue weighted by molar-refractivity contribution is -0.145. The summed E-state index contributed by atoms with van der Waals surface area (Å²) in [6.45, 7) is 4.42. The van der Waals surface area contributed by atoms with Crippen molar-refractivity contribution < 1.29 is 19.4 Å². The number of carbonyl (C=O) groups is 1. The van der Waals surface area contributed by atoms with Gasteiger partial charge in [0.1, 0.15) is 11.5 Å². The largest absolute Gasteiger partial charge is 0.494 e. The molecule has 0 saturated heterocycles. The van der Waals surface area contributed by atoms with Gasteiger partial charge in [0.05, 0.1) is 6.61 Å². The highest BCUT2D eigenvalue weighted by atomic mass is 16.5. The van der Waals surface area contributed by atoms with Gasteiger partial charge < -0.3 is 14.6 Å². The topological polar surface area (TPSA) is 55.8 Å². The summed E-state index contributed by atoms with van der Waals surface area (Å²) >= 11 is 0. The fourth-order valence-corrected chi connectivity index (χ4v) is 2.12. The second kappa shape index (κ2) is 7.50. The lowest BCUT2D eigenvalue weighted by Crippen LogP contribution is -2.29. The Hall–Kier alpha value is -2.49. The van der Waals surface area contributed by atoms with E-state index in [9.17, 15) is 9.90 Å². The summed E-state index contributed by atoms with van der Waals surface area (Å²) in [6, 6.07) is 14.8. The standard InChI is InChI=1S/C18H20O4/c1-3-21-15-10-8-14(9-11-15)12-17(18(19)20)22-16-7-5-4-6-13(16)2/h4-11,17H,3,12H2,1-2H3,(H,19,20)/t17-/m0/s1. The lowest BCUT2D eigenvalue weighted by atomic mass is 10.1. The summed E-state index contributed by atoms with van der Waals surface area (Å²) in [5, 5.41) is 9.38. The van der Waals surface area contributed by atoms with Crippen LogP contribution in [0.25, 0.3) is 0 Å². The summed E-state index contributed by atoms with van der Waals surface area (Å²) in [5.41, 5.74) is 1.81. The summed E-state index contributed by atoms with van der Waals surface area (Å²) < 4.78 is 11.0. The molecule has 0 aliphatic carbocycles. The van der Waals surface area contributed by atoms with E-state index in [1.54, 1.807) is 6.07 Å². The molecule has 116 valence electrons. The van der Waals surface area contributed by atoms with Crippen molar-refractivity contribution in [1.82, 2.24) is 0 Å². The van der Waals surface area contributed by atoms with E-state index in [4.69, 9.17) is 9.47 Å². The van der Waals surface area contributed by atoms with Crippen LogP contribution in [0.2, 0.25) is 0 Å². The molecule has 0 radical (unpaired) electrons. The molecule has 0 aliphatic rings. The van der Waals surface area contributed by atoms with E-state index >= 15 is 0 Å². The molecule has 0 unspecified atom stereocenters. The molecule has 0 bridgehead atoms. The lowest BCUT2D eigenvalue weighted by Gasteiger charge is -2.17. The molecule has 0 amide bonds. The predicted molar refractivity (Wildman–Crippen MR) is 84.5 cm³/mol. The highest BCUT2D eigenvalue weighted by molar-refractivity contribution is 5.73. The number of para-hydroxylation sites is 1. The fourth-order valence-electron chi connectivity index (χ4n) is 2.12. The van der Waals surface area contributed by atoms with Crippen LogP contribution in [0.1, 0.15) is 18.1 Å². The molecule has 1 atom stereocenters. The van der Waals surface area contributed by atoms with E-state index < -0.39 is 12.1 Å². The molecule has 0 saturated carbocycles. The van der Waals surface area contributed by atoms with Crippen LogP contribution in [0.4, 0.5) is 0 Å². The third-order valence-electron chi connectivity index (χ3n) is 3.29. The number of benzene rings is 2. The van der Waals surface area contributed by atoms with Crippen LogP contribution in [-0.4, -0.2) is 23.8 Å². The number of aryl methyl sites for hydroxylation is 1. The monoisotopic (exact) mass is 300 g/mol. The predicted octanol–water partition coefficient (Wildman–Crippen LogP) is 3.47. The normalized spacial score (nSPS) is 11.7. The van der Waals surface area contributed by atoms with Crippen LogP contribution in [0.15, 0.2) is 48.5 Å². The smallest absolute Gasteiger partial charge is 0.345 e. The van der Waals surface area contributed by atoms with Crippen LogP contribution in [0.5, 0.6) is 11.5 Å². The number of hydrogen-bond donors (Lipinski definition) is 1. The van der Waals surface area contributed by atoms with Crippen molar-refractivity contribution in [3.63, 3.8) is 0 Å². The van der Waals surface area contributed by atoms with E-state index in [0.29, 0.717) is 18.8 Å². The number of carboxylic acids is 1. The number of hydrogen-bond acceptors (Lipinski definition) is 3. The number of ether oxygens (including phenoxy) is 2. The second-order valence-corrected chi connectivity index (χ2v) is 4.99. The van der Waals surface area contributed by atoms with Crippen LogP contribution < -0.4 is 9.47 Å². The average Bonchev–Trinajstić information content (AvgIpc) is 2.50. The van der Waals surface area contributed by atoms with E-state index in [1.165, 1.54) is 0 Å². The van der Waals surface area contributed by atoms with Crippen molar-refractivity contribution in [1.29, 1.82) is 0 Å². The first-order valence-electron chi connectivity index (χ1n) is 7.27. The molecule has 1 N–H and O–H groups in total. The molecule has 2 rings (SSSR count). The summed E-state index contributed by atoms with van der Waals surface area (Å²) in [4.78, 5) is 11.4. The zero-order chi connectivity index (χ0) is 15.9. The quantitative estimate of drug-likeness (QED) is 0.850. The minimum Gasteiger partial charge on any atom is -0.494 e. The van der Waals surface area contributed by atoms with Gasteiger partial charge in [0.15, 0.2) is 6.10 Å². The van der Waals surface area contributed by atoms with Crippen molar-refractivity contribution in [3.05, 3.63) is 59.7 Å². The van der Waals surface area contributed by atoms with E-state index in [2.05, 4.69) is 0 Å². The maximum atomic E-state index is 11.4. The van der Waals surface area contributed by atoms with Crippen molar-refractivity contribution >= 4 is 5.97 Å². The Kier molecular flexibility index (Phi) is 5.42. The number of aliphatic carboxylic acids is 1. The molecule has 4 heteroatoms. The Morgan fingerprint density at radius 1 is 1.14 bits per heavy atom. The summed E-state index contributed by atoms with van der Waals surface area (Å²) in [5.74, 6) is 0.399. The minimum atomic E-state index is -0.975. The Bertz CT molecular complexity index is 619. The molecule has 0 spiro atoms. The van der Waals surface area contributed by atoms with Gasteiger partial charge in [-0.3, -0.25) is 0 Å². The van der Waals surface area contributed by atoms with Crippen molar-refractivity contribution in [2.45, 2.75) is 26.4 Å². The van der Waals surface area contributed by atoms with E-state index in [-0.39, 0.29) is 0 Å². The molecule has 22 heavy (non-hydrogen) atoms. The van der Waals surface area contributed by atoms with Gasteiger partial charge in [0.25, 0.3) is 0 Å². The van der Waals surface area contributed by atoms with Crippen molar-refractivity contribution in [2.75, 3.05) is 6.61 Å². The first-order chi connectivity index (χ1) is 10.6. The molecule has 0 aromatic heterocycles. The van der Waals surface area contributed by atoms with E-state index in [0.717, 1.165) is 16.9 Å². The Balaban J connectivity index is 2.09.